The van der Waals surface area contributed by atoms with Crippen molar-refractivity contribution in [3.8, 4) is 0 Å². The largest absolute Gasteiger partial charge is 0.394 e. The van der Waals surface area contributed by atoms with E-state index in [0.717, 1.165) is 18.4 Å². The van der Waals surface area contributed by atoms with E-state index in [1.807, 2.05) is 19.1 Å². The molecule has 4 nitrogen and oxygen atoms in total. The SMILES string of the molecule is Cc1ccc(NC(=O)N2CCC[C@@H]2CO)cc1Cl. The van der Waals surface area contributed by atoms with Gasteiger partial charge in [0.1, 0.15) is 0 Å². The zero-order valence-electron chi connectivity index (χ0n) is 10.3. The lowest BCUT2D eigenvalue weighted by Crippen LogP contribution is -2.40. The van der Waals surface area contributed by atoms with Crippen LogP contribution in [0.5, 0.6) is 0 Å². The molecule has 1 atom stereocenters. The van der Waals surface area contributed by atoms with Crippen molar-refractivity contribution in [2.45, 2.75) is 25.8 Å². The van der Waals surface area contributed by atoms with Gasteiger partial charge in [-0.05, 0) is 37.5 Å². The number of halogens is 1. The minimum Gasteiger partial charge on any atom is -0.394 e. The van der Waals surface area contributed by atoms with Crippen LogP contribution in [0.25, 0.3) is 0 Å². The monoisotopic (exact) mass is 268 g/mol. The van der Waals surface area contributed by atoms with E-state index in [2.05, 4.69) is 5.32 Å². The number of benzene rings is 1. The molecule has 1 saturated heterocycles. The van der Waals surface area contributed by atoms with Crippen LogP contribution in [0.15, 0.2) is 18.2 Å². The Morgan fingerprint density at radius 3 is 3.06 bits per heavy atom. The number of rotatable bonds is 2. The van der Waals surface area contributed by atoms with Crippen LogP contribution in [0, 0.1) is 6.92 Å². The average Bonchev–Trinajstić information content (AvgIpc) is 2.82. The number of aryl methyl sites for hydroxylation is 1. The van der Waals surface area contributed by atoms with Gasteiger partial charge < -0.3 is 15.3 Å². The summed E-state index contributed by atoms with van der Waals surface area (Å²) in [5.74, 6) is 0. The molecule has 1 aromatic rings. The lowest BCUT2D eigenvalue weighted by atomic mass is 10.2. The van der Waals surface area contributed by atoms with Crippen molar-refractivity contribution in [3.05, 3.63) is 28.8 Å². The number of hydrogen-bond donors (Lipinski definition) is 2. The molecule has 1 fully saturated rings. The van der Waals surface area contributed by atoms with Gasteiger partial charge in [0, 0.05) is 17.3 Å². The number of urea groups is 1. The Hall–Kier alpha value is -1.26. The van der Waals surface area contributed by atoms with Crippen molar-refractivity contribution >= 4 is 23.3 Å². The molecular weight excluding hydrogens is 252 g/mol. The van der Waals surface area contributed by atoms with Gasteiger partial charge in [0.25, 0.3) is 0 Å². The van der Waals surface area contributed by atoms with E-state index in [4.69, 9.17) is 11.6 Å². The third-order valence-corrected chi connectivity index (χ3v) is 3.68. The third-order valence-electron chi connectivity index (χ3n) is 3.27. The summed E-state index contributed by atoms with van der Waals surface area (Å²) in [5, 5.41) is 12.6. The number of aliphatic hydroxyl groups excluding tert-OH is 1. The molecule has 1 aliphatic rings. The van der Waals surface area contributed by atoms with Crippen LogP contribution in [0.1, 0.15) is 18.4 Å². The van der Waals surface area contributed by atoms with Gasteiger partial charge >= 0.3 is 6.03 Å². The summed E-state index contributed by atoms with van der Waals surface area (Å²) in [4.78, 5) is 13.7. The minimum atomic E-state index is -0.175. The van der Waals surface area contributed by atoms with Gasteiger partial charge in [-0.3, -0.25) is 0 Å². The van der Waals surface area contributed by atoms with Gasteiger partial charge in [0.2, 0.25) is 0 Å². The molecule has 2 rings (SSSR count). The molecular formula is C13H17ClN2O2. The number of carbonyl (C=O) groups excluding carboxylic acids is 1. The number of aliphatic hydroxyl groups is 1. The first-order chi connectivity index (χ1) is 8.61. The molecule has 0 aliphatic carbocycles. The quantitative estimate of drug-likeness (QED) is 0.866. The van der Waals surface area contributed by atoms with Crippen molar-refractivity contribution in [2.75, 3.05) is 18.5 Å². The van der Waals surface area contributed by atoms with Gasteiger partial charge in [-0.1, -0.05) is 17.7 Å². The highest BCUT2D eigenvalue weighted by atomic mass is 35.5. The summed E-state index contributed by atoms with van der Waals surface area (Å²) in [5.41, 5.74) is 1.66. The van der Waals surface area contributed by atoms with Gasteiger partial charge in [0.05, 0.1) is 12.6 Å². The van der Waals surface area contributed by atoms with E-state index in [-0.39, 0.29) is 18.7 Å². The lowest BCUT2D eigenvalue weighted by Gasteiger charge is -2.23. The molecule has 0 unspecified atom stereocenters. The van der Waals surface area contributed by atoms with E-state index in [9.17, 15) is 9.90 Å². The topological polar surface area (TPSA) is 52.6 Å². The molecule has 0 saturated carbocycles. The normalized spacial score (nSPS) is 19.1. The van der Waals surface area contributed by atoms with Crippen molar-refractivity contribution in [3.63, 3.8) is 0 Å². The molecule has 2 amide bonds. The number of anilines is 1. The molecule has 0 aromatic heterocycles. The Balaban J connectivity index is 2.04. The fourth-order valence-corrected chi connectivity index (χ4v) is 2.34. The van der Waals surface area contributed by atoms with E-state index in [1.165, 1.54) is 0 Å². The van der Waals surface area contributed by atoms with Crippen molar-refractivity contribution < 1.29 is 9.90 Å². The Morgan fingerprint density at radius 2 is 2.39 bits per heavy atom. The van der Waals surface area contributed by atoms with Crippen LogP contribution >= 0.6 is 11.6 Å². The zero-order valence-corrected chi connectivity index (χ0v) is 11.1. The molecule has 0 bridgehead atoms. The summed E-state index contributed by atoms with van der Waals surface area (Å²) in [6.07, 6.45) is 1.80. The predicted molar refractivity (Wildman–Crippen MR) is 72.0 cm³/mol. The second-order valence-corrected chi connectivity index (χ2v) is 4.97. The number of nitrogens with one attached hydrogen (secondary N) is 1. The molecule has 1 heterocycles. The van der Waals surface area contributed by atoms with Crippen molar-refractivity contribution in [1.29, 1.82) is 0 Å². The van der Waals surface area contributed by atoms with Gasteiger partial charge in [-0.2, -0.15) is 0 Å². The predicted octanol–water partition coefficient (Wildman–Crippen LogP) is 2.64. The van der Waals surface area contributed by atoms with Gasteiger partial charge in [-0.25, -0.2) is 4.79 Å². The first kappa shape index (κ1) is 13.2. The maximum atomic E-state index is 12.0. The molecule has 0 spiro atoms. The molecule has 5 heteroatoms. The summed E-state index contributed by atoms with van der Waals surface area (Å²) >= 11 is 6.01. The molecule has 1 aromatic carbocycles. The van der Waals surface area contributed by atoms with Gasteiger partial charge in [0.15, 0.2) is 0 Å². The van der Waals surface area contributed by atoms with Crippen molar-refractivity contribution in [2.24, 2.45) is 0 Å². The number of hydrogen-bond acceptors (Lipinski definition) is 2. The summed E-state index contributed by atoms with van der Waals surface area (Å²) in [6.45, 7) is 2.62. The van der Waals surface area contributed by atoms with Crippen LogP contribution in [-0.2, 0) is 0 Å². The zero-order chi connectivity index (χ0) is 13.1. The van der Waals surface area contributed by atoms with Crippen LogP contribution in [0.2, 0.25) is 5.02 Å². The summed E-state index contributed by atoms with van der Waals surface area (Å²) < 4.78 is 0. The fraction of sp³-hybridized carbons (Fsp3) is 0.462. The average molecular weight is 269 g/mol. The standard InChI is InChI=1S/C13H17ClN2O2/c1-9-4-5-10(7-12(9)14)15-13(18)16-6-2-3-11(16)8-17/h4-5,7,11,17H,2-3,6,8H2,1H3,(H,15,18)/t11-/m1/s1. The number of amides is 2. The van der Waals surface area contributed by atoms with Crippen LogP contribution in [0.3, 0.4) is 0 Å². The van der Waals surface area contributed by atoms with E-state index >= 15 is 0 Å². The van der Waals surface area contributed by atoms with E-state index in [0.29, 0.717) is 17.3 Å². The second kappa shape index (κ2) is 5.59. The molecule has 18 heavy (non-hydrogen) atoms. The summed E-state index contributed by atoms with van der Waals surface area (Å²) in [6, 6.07) is 5.19. The maximum Gasteiger partial charge on any atom is 0.322 e. The van der Waals surface area contributed by atoms with E-state index < -0.39 is 0 Å². The highest BCUT2D eigenvalue weighted by molar-refractivity contribution is 6.31. The minimum absolute atomic E-state index is 0.0159. The van der Waals surface area contributed by atoms with Crippen LogP contribution in [0.4, 0.5) is 10.5 Å². The van der Waals surface area contributed by atoms with Crippen molar-refractivity contribution in [1.82, 2.24) is 4.90 Å². The fourth-order valence-electron chi connectivity index (χ4n) is 2.16. The number of carbonyl (C=O) groups is 1. The highest BCUT2D eigenvalue weighted by Crippen LogP contribution is 2.22. The Bertz CT molecular complexity index is 451. The third kappa shape index (κ3) is 2.76. The Kier molecular flexibility index (Phi) is 4.09. The molecule has 1 aliphatic heterocycles. The highest BCUT2D eigenvalue weighted by Gasteiger charge is 2.27. The Morgan fingerprint density at radius 1 is 1.61 bits per heavy atom. The molecule has 0 radical (unpaired) electrons. The van der Waals surface area contributed by atoms with Gasteiger partial charge in [-0.15, -0.1) is 0 Å². The van der Waals surface area contributed by atoms with Crippen LogP contribution in [-0.4, -0.2) is 35.2 Å². The first-order valence-electron chi connectivity index (χ1n) is 6.06. The number of likely N-dealkylation sites (tertiary alicyclic amines) is 1. The van der Waals surface area contributed by atoms with E-state index in [1.54, 1.807) is 11.0 Å². The lowest BCUT2D eigenvalue weighted by molar-refractivity contribution is 0.166. The summed E-state index contributed by atoms with van der Waals surface area (Å²) in [7, 11) is 0. The van der Waals surface area contributed by atoms with Crippen LogP contribution < -0.4 is 5.32 Å². The second-order valence-electron chi connectivity index (χ2n) is 4.57. The first-order valence-corrected chi connectivity index (χ1v) is 6.44. The molecule has 98 valence electrons. The smallest absolute Gasteiger partial charge is 0.322 e. The number of nitrogens with zero attached hydrogens (tertiary/aromatic N) is 1. The maximum absolute atomic E-state index is 12.0. The Labute approximate surface area is 112 Å². The molecule has 2 N–H and O–H groups in total.